The first-order chi connectivity index (χ1) is 11.4. The van der Waals surface area contributed by atoms with Gasteiger partial charge in [0.2, 0.25) is 5.91 Å². The summed E-state index contributed by atoms with van der Waals surface area (Å²) in [6.45, 7) is 0.387. The highest BCUT2D eigenvalue weighted by Crippen LogP contribution is 2.24. The van der Waals surface area contributed by atoms with Crippen molar-refractivity contribution < 1.29 is 28.2 Å². The highest BCUT2D eigenvalue weighted by Gasteiger charge is 2.36. The summed E-state index contributed by atoms with van der Waals surface area (Å²) in [5.74, 6) is -2.88. The molecule has 2 atom stereocenters. The number of methoxy groups -OCH3 is 1. The predicted molar refractivity (Wildman–Crippen MR) is 82.5 cm³/mol. The van der Waals surface area contributed by atoms with Crippen molar-refractivity contribution in [3.8, 4) is 0 Å². The number of amides is 1. The molecule has 1 aliphatic rings. The minimum atomic E-state index is -0.948. The second-order valence-corrected chi connectivity index (χ2v) is 5.99. The minimum absolute atomic E-state index is 0.102. The molecule has 1 fully saturated rings. The zero-order chi connectivity index (χ0) is 17.7. The van der Waals surface area contributed by atoms with E-state index in [1.807, 2.05) is 0 Å². The number of hydrogen-bond acceptors (Lipinski definition) is 3. The topological polar surface area (TPSA) is 66.8 Å². The molecular weight excluding hydrogens is 320 g/mol. The summed E-state index contributed by atoms with van der Waals surface area (Å²) in [4.78, 5) is 24.8. The number of ether oxygens (including phenoxy) is 1. The van der Waals surface area contributed by atoms with Crippen molar-refractivity contribution in [2.45, 2.75) is 44.2 Å². The van der Waals surface area contributed by atoms with Crippen LogP contribution in [0, 0.1) is 11.6 Å². The maximum atomic E-state index is 13.1. The molecule has 0 spiro atoms. The Balaban J connectivity index is 1.88. The van der Waals surface area contributed by atoms with Gasteiger partial charge in [0.1, 0.15) is 0 Å². The number of nitrogens with zero attached hydrogens (tertiary/aromatic N) is 1. The molecule has 24 heavy (non-hydrogen) atoms. The number of carboxylic acids is 1. The third-order valence-electron chi connectivity index (χ3n) is 4.28. The number of halogens is 2. The van der Waals surface area contributed by atoms with Gasteiger partial charge in [0.15, 0.2) is 11.6 Å². The van der Waals surface area contributed by atoms with Crippen LogP contribution in [0.5, 0.6) is 0 Å². The number of carbonyl (C=O) groups is 2. The first kappa shape index (κ1) is 18.3. The Hall–Kier alpha value is -2.02. The Labute approximate surface area is 139 Å². The van der Waals surface area contributed by atoms with Crippen LogP contribution < -0.4 is 0 Å². The van der Waals surface area contributed by atoms with E-state index in [-0.39, 0.29) is 30.9 Å². The Bertz CT molecular complexity index is 608. The van der Waals surface area contributed by atoms with Gasteiger partial charge in [-0.3, -0.25) is 9.59 Å². The Morgan fingerprint density at radius 3 is 2.71 bits per heavy atom. The van der Waals surface area contributed by atoms with Crippen molar-refractivity contribution in [1.29, 1.82) is 0 Å². The van der Waals surface area contributed by atoms with Crippen LogP contribution >= 0.6 is 0 Å². The van der Waals surface area contributed by atoms with E-state index < -0.39 is 17.6 Å². The number of benzene rings is 1. The van der Waals surface area contributed by atoms with Crippen molar-refractivity contribution in [1.82, 2.24) is 4.90 Å². The zero-order valence-corrected chi connectivity index (χ0v) is 13.5. The highest BCUT2D eigenvalue weighted by molar-refractivity contribution is 5.78. The van der Waals surface area contributed by atoms with E-state index in [0.29, 0.717) is 31.4 Å². The van der Waals surface area contributed by atoms with Gasteiger partial charge in [-0.05, 0) is 37.0 Å². The van der Waals surface area contributed by atoms with Crippen molar-refractivity contribution in [2.75, 3.05) is 13.7 Å². The molecule has 132 valence electrons. The van der Waals surface area contributed by atoms with Gasteiger partial charge >= 0.3 is 5.97 Å². The number of carbonyl (C=O) groups excluding carboxylic acids is 1. The second kappa shape index (κ2) is 8.19. The molecule has 1 saturated heterocycles. The maximum Gasteiger partial charge on any atom is 0.305 e. The molecule has 0 saturated carbocycles. The van der Waals surface area contributed by atoms with Gasteiger partial charge in [0.25, 0.3) is 0 Å². The lowest BCUT2D eigenvalue weighted by atomic mass is 10.1. The summed E-state index contributed by atoms with van der Waals surface area (Å²) in [5.41, 5.74) is 0.625. The molecule has 1 heterocycles. The molecule has 0 bridgehead atoms. The van der Waals surface area contributed by atoms with E-state index in [1.165, 1.54) is 6.07 Å². The van der Waals surface area contributed by atoms with E-state index in [4.69, 9.17) is 9.84 Å². The summed E-state index contributed by atoms with van der Waals surface area (Å²) < 4.78 is 31.3. The summed E-state index contributed by atoms with van der Waals surface area (Å²) in [6.07, 6.45) is 1.42. The molecule has 1 aromatic carbocycles. The number of likely N-dealkylation sites (tertiary alicyclic amines) is 1. The Kier molecular flexibility index (Phi) is 6.25. The van der Waals surface area contributed by atoms with E-state index in [9.17, 15) is 18.4 Å². The van der Waals surface area contributed by atoms with Crippen molar-refractivity contribution >= 4 is 11.9 Å². The Morgan fingerprint density at radius 1 is 1.33 bits per heavy atom. The molecule has 0 aliphatic carbocycles. The lowest BCUT2D eigenvalue weighted by molar-refractivity contribution is -0.139. The molecule has 2 unspecified atom stereocenters. The van der Waals surface area contributed by atoms with Crippen LogP contribution in [0.3, 0.4) is 0 Å². The third-order valence-corrected chi connectivity index (χ3v) is 4.28. The SMILES string of the molecule is COC1CC(CC(=O)O)N(C(=O)CCCc2ccc(F)c(F)c2)C1. The van der Waals surface area contributed by atoms with Gasteiger partial charge in [-0.2, -0.15) is 0 Å². The third kappa shape index (κ3) is 4.74. The van der Waals surface area contributed by atoms with Crippen LogP contribution in [0.1, 0.15) is 31.2 Å². The van der Waals surface area contributed by atoms with Crippen molar-refractivity contribution in [3.63, 3.8) is 0 Å². The summed E-state index contributed by atoms with van der Waals surface area (Å²) in [7, 11) is 1.54. The molecular formula is C17H21F2NO4. The van der Waals surface area contributed by atoms with E-state index >= 15 is 0 Å². The molecule has 5 nitrogen and oxygen atoms in total. The molecule has 0 aromatic heterocycles. The molecule has 2 rings (SSSR count). The first-order valence-corrected chi connectivity index (χ1v) is 7.88. The lowest BCUT2D eigenvalue weighted by Crippen LogP contribution is -2.37. The summed E-state index contributed by atoms with van der Waals surface area (Å²) in [6, 6.07) is 3.33. The normalized spacial score (nSPS) is 20.4. The number of hydrogen-bond donors (Lipinski definition) is 1. The predicted octanol–water partition coefficient (Wildman–Crippen LogP) is 2.38. The fourth-order valence-electron chi connectivity index (χ4n) is 3.03. The van der Waals surface area contributed by atoms with Gasteiger partial charge in [0, 0.05) is 26.1 Å². The fraction of sp³-hybridized carbons (Fsp3) is 0.529. The number of carboxylic acid groups (broad SMARTS) is 1. The summed E-state index contributed by atoms with van der Waals surface area (Å²) in [5, 5.41) is 8.96. The van der Waals surface area contributed by atoms with Crippen molar-refractivity contribution in [3.05, 3.63) is 35.4 Å². The fourth-order valence-corrected chi connectivity index (χ4v) is 3.03. The van der Waals surface area contributed by atoms with Gasteiger partial charge in [0.05, 0.1) is 12.5 Å². The molecule has 1 amide bonds. The molecule has 7 heteroatoms. The average Bonchev–Trinajstić information content (AvgIpc) is 2.93. The van der Waals surface area contributed by atoms with E-state index in [2.05, 4.69) is 0 Å². The maximum absolute atomic E-state index is 13.1. The van der Waals surface area contributed by atoms with Crippen LogP contribution in [-0.4, -0.2) is 47.7 Å². The van der Waals surface area contributed by atoms with Crippen LogP contribution in [0.2, 0.25) is 0 Å². The lowest BCUT2D eigenvalue weighted by Gasteiger charge is -2.23. The molecule has 1 N–H and O–H groups in total. The van der Waals surface area contributed by atoms with Crippen molar-refractivity contribution in [2.24, 2.45) is 0 Å². The second-order valence-electron chi connectivity index (χ2n) is 5.99. The Morgan fingerprint density at radius 2 is 2.08 bits per heavy atom. The molecule has 1 aromatic rings. The molecule has 1 aliphatic heterocycles. The number of aliphatic carboxylic acids is 1. The van der Waals surface area contributed by atoms with Crippen LogP contribution in [0.4, 0.5) is 8.78 Å². The smallest absolute Gasteiger partial charge is 0.305 e. The van der Waals surface area contributed by atoms with E-state index in [1.54, 1.807) is 12.0 Å². The highest BCUT2D eigenvalue weighted by atomic mass is 19.2. The largest absolute Gasteiger partial charge is 0.481 e. The quantitative estimate of drug-likeness (QED) is 0.827. The zero-order valence-electron chi connectivity index (χ0n) is 13.5. The standard InChI is InChI=1S/C17H21F2NO4/c1-24-13-8-12(9-17(22)23)20(10-13)16(21)4-2-3-11-5-6-14(18)15(19)7-11/h5-7,12-13H,2-4,8-10H2,1H3,(H,22,23). The van der Waals surface area contributed by atoms with Gasteiger partial charge in [-0.15, -0.1) is 0 Å². The van der Waals surface area contributed by atoms with Gasteiger partial charge in [-0.25, -0.2) is 8.78 Å². The number of rotatable bonds is 7. The van der Waals surface area contributed by atoms with Crippen LogP contribution in [-0.2, 0) is 20.7 Å². The van der Waals surface area contributed by atoms with E-state index in [0.717, 1.165) is 12.1 Å². The monoisotopic (exact) mass is 341 g/mol. The van der Waals surface area contributed by atoms with Gasteiger partial charge in [-0.1, -0.05) is 6.07 Å². The first-order valence-electron chi connectivity index (χ1n) is 7.88. The average molecular weight is 341 g/mol. The summed E-state index contributed by atoms with van der Waals surface area (Å²) >= 11 is 0. The van der Waals surface area contributed by atoms with Crippen LogP contribution in [0.25, 0.3) is 0 Å². The minimum Gasteiger partial charge on any atom is -0.481 e. The van der Waals surface area contributed by atoms with Crippen LogP contribution in [0.15, 0.2) is 18.2 Å². The van der Waals surface area contributed by atoms with Gasteiger partial charge < -0.3 is 14.7 Å². The number of aryl methyl sites for hydroxylation is 1. The molecule has 0 radical (unpaired) electrons.